The van der Waals surface area contributed by atoms with E-state index in [1.165, 1.54) is 6.42 Å². The highest BCUT2D eigenvalue weighted by atomic mass is 35.5. The lowest BCUT2D eigenvalue weighted by molar-refractivity contribution is -0.167. The molecule has 1 aliphatic rings. The molecule has 1 aromatic carbocycles. The molecule has 6 heteroatoms. The minimum Gasteiger partial charge on any atom is -0.482 e. The fraction of sp³-hybridized carbons (Fsp3) is 0.579. The second-order valence-electron chi connectivity index (χ2n) is 6.99. The second-order valence-corrected chi connectivity index (χ2v) is 7.43. The molecule has 5 nitrogen and oxygen atoms in total. The van der Waals surface area contributed by atoms with Crippen LogP contribution in [0.25, 0.3) is 0 Å². The highest BCUT2D eigenvalue weighted by molar-refractivity contribution is 6.30. The molecule has 0 unspecified atom stereocenters. The maximum absolute atomic E-state index is 12.4. The van der Waals surface area contributed by atoms with E-state index >= 15 is 0 Å². The third kappa shape index (κ3) is 5.92. The van der Waals surface area contributed by atoms with Crippen LogP contribution in [0, 0.1) is 6.92 Å². The van der Waals surface area contributed by atoms with Crippen molar-refractivity contribution < 1.29 is 19.1 Å². The number of hydrogen-bond donors (Lipinski definition) is 1. The maximum Gasteiger partial charge on any atom is 0.345 e. The van der Waals surface area contributed by atoms with Gasteiger partial charge < -0.3 is 14.8 Å². The molecule has 2 rings (SSSR count). The fourth-order valence-corrected chi connectivity index (χ4v) is 3.10. The van der Waals surface area contributed by atoms with Crippen molar-refractivity contribution >= 4 is 23.5 Å². The molecule has 1 aliphatic carbocycles. The number of carbonyl (C=O) groups is 2. The normalized spacial score (nSPS) is 15.5. The summed E-state index contributed by atoms with van der Waals surface area (Å²) < 4.78 is 10.8. The lowest BCUT2D eigenvalue weighted by atomic mass is 9.94. The SMILES string of the molecule is Cc1cc(Cl)ccc1OCC(=O)OC(C)(C)C(=O)NC1CCCCC1. The molecule has 0 spiro atoms. The Hall–Kier alpha value is -1.75. The van der Waals surface area contributed by atoms with Crippen LogP contribution in [-0.4, -0.2) is 30.1 Å². The average molecular weight is 368 g/mol. The topological polar surface area (TPSA) is 64.6 Å². The van der Waals surface area contributed by atoms with Crippen molar-refractivity contribution in [1.82, 2.24) is 5.32 Å². The van der Waals surface area contributed by atoms with Crippen molar-refractivity contribution in [3.8, 4) is 5.75 Å². The minimum absolute atomic E-state index is 0.173. The predicted octanol–water partition coefficient (Wildman–Crippen LogP) is 3.80. The third-order valence-corrected chi connectivity index (χ3v) is 4.57. The molecule has 1 fully saturated rings. The van der Waals surface area contributed by atoms with Gasteiger partial charge in [-0.2, -0.15) is 0 Å². The zero-order valence-corrected chi connectivity index (χ0v) is 15.8. The molecule has 1 N–H and O–H groups in total. The Morgan fingerprint density at radius 1 is 1.24 bits per heavy atom. The van der Waals surface area contributed by atoms with Crippen LogP contribution < -0.4 is 10.1 Å². The largest absolute Gasteiger partial charge is 0.482 e. The van der Waals surface area contributed by atoms with Gasteiger partial charge in [-0.15, -0.1) is 0 Å². The zero-order valence-electron chi connectivity index (χ0n) is 15.1. The monoisotopic (exact) mass is 367 g/mol. The number of halogens is 1. The second kappa shape index (κ2) is 8.56. The van der Waals surface area contributed by atoms with E-state index in [2.05, 4.69) is 5.32 Å². The highest BCUT2D eigenvalue weighted by Crippen LogP contribution is 2.22. The van der Waals surface area contributed by atoms with Crippen LogP contribution in [0.15, 0.2) is 18.2 Å². The number of ether oxygens (including phenoxy) is 2. The number of hydrogen-bond acceptors (Lipinski definition) is 4. The van der Waals surface area contributed by atoms with Crippen LogP contribution >= 0.6 is 11.6 Å². The summed E-state index contributed by atoms with van der Waals surface area (Å²) in [6.45, 7) is 4.77. The van der Waals surface area contributed by atoms with E-state index in [1.54, 1.807) is 32.0 Å². The van der Waals surface area contributed by atoms with Crippen molar-refractivity contribution in [3.05, 3.63) is 28.8 Å². The first kappa shape index (κ1) is 19.6. The Labute approximate surface area is 154 Å². The summed E-state index contributed by atoms with van der Waals surface area (Å²) in [4.78, 5) is 24.4. The predicted molar refractivity (Wildman–Crippen MR) is 96.9 cm³/mol. The molecule has 0 radical (unpaired) electrons. The van der Waals surface area contributed by atoms with E-state index in [4.69, 9.17) is 21.1 Å². The van der Waals surface area contributed by atoms with E-state index < -0.39 is 11.6 Å². The zero-order chi connectivity index (χ0) is 18.4. The first-order valence-electron chi connectivity index (χ1n) is 8.70. The molecule has 0 heterocycles. The van der Waals surface area contributed by atoms with Gasteiger partial charge in [0.25, 0.3) is 5.91 Å². The van der Waals surface area contributed by atoms with Crippen molar-refractivity contribution in [2.45, 2.75) is 64.5 Å². The molecule has 25 heavy (non-hydrogen) atoms. The van der Waals surface area contributed by atoms with Gasteiger partial charge in [0.05, 0.1) is 0 Å². The first-order chi connectivity index (χ1) is 11.8. The van der Waals surface area contributed by atoms with Gasteiger partial charge in [0.2, 0.25) is 0 Å². The number of aryl methyl sites for hydroxylation is 1. The van der Waals surface area contributed by atoms with Gasteiger partial charge in [-0.25, -0.2) is 4.79 Å². The number of benzene rings is 1. The first-order valence-corrected chi connectivity index (χ1v) is 9.07. The highest BCUT2D eigenvalue weighted by Gasteiger charge is 2.33. The lowest BCUT2D eigenvalue weighted by Gasteiger charge is -2.29. The molecule has 138 valence electrons. The molecule has 1 aromatic rings. The lowest BCUT2D eigenvalue weighted by Crippen LogP contribution is -2.50. The van der Waals surface area contributed by atoms with Crippen molar-refractivity contribution in [2.75, 3.05) is 6.61 Å². The quantitative estimate of drug-likeness (QED) is 0.777. The number of esters is 1. The number of nitrogens with one attached hydrogen (secondary N) is 1. The Bertz CT molecular complexity index is 624. The molecule has 0 aliphatic heterocycles. The molecule has 1 amide bonds. The van der Waals surface area contributed by atoms with Gasteiger partial charge in [-0.05, 0) is 57.4 Å². The van der Waals surface area contributed by atoms with Crippen molar-refractivity contribution in [2.24, 2.45) is 0 Å². The molecular formula is C19H26ClNO4. The van der Waals surface area contributed by atoms with Crippen LogP contribution in [0.3, 0.4) is 0 Å². The molecule has 1 saturated carbocycles. The van der Waals surface area contributed by atoms with Crippen LogP contribution in [-0.2, 0) is 14.3 Å². The molecule has 0 aromatic heterocycles. The van der Waals surface area contributed by atoms with Crippen LogP contribution in [0.1, 0.15) is 51.5 Å². The van der Waals surface area contributed by atoms with Gasteiger partial charge in [0, 0.05) is 11.1 Å². The Morgan fingerprint density at radius 2 is 1.92 bits per heavy atom. The van der Waals surface area contributed by atoms with E-state index in [1.807, 2.05) is 6.92 Å². The van der Waals surface area contributed by atoms with E-state index in [0.29, 0.717) is 10.8 Å². The summed E-state index contributed by atoms with van der Waals surface area (Å²) in [6.07, 6.45) is 5.43. The van der Waals surface area contributed by atoms with Crippen LogP contribution in [0.2, 0.25) is 5.02 Å². The Balaban J connectivity index is 1.83. The number of rotatable bonds is 6. The number of carbonyl (C=O) groups excluding carboxylic acids is 2. The van der Waals surface area contributed by atoms with Gasteiger partial charge >= 0.3 is 5.97 Å². The van der Waals surface area contributed by atoms with Crippen LogP contribution in [0.5, 0.6) is 5.75 Å². The molecule has 0 atom stereocenters. The molecule has 0 saturated heterocycles. The van der Waals surface area contributed by atoms with Gasteiger partial charge in [-0.1, -0.05) is 30.9 Å². The summed E-state index contributed by atoms with van der Waals surface area (Å²) in [6, 6.07) is 5.32. The van der Waals surface area contributed by atoms with E-state index in [9.17, 15) is 9.59 Å². The summed E-state index contributed by atoms with van der Waals surface area (Å²) in [5.41, 5.74) is -0.401. The third-order valence-electron chi connectivity index (χ3n) is 4.34. The molecule has 0 bridgehead atoms. The smallest absolute Gasteiger partial charge is 0.345 e. The summed E-state index contributed by atoms with van der Waals surface area (Å²) in [7, 11) is 0. The van der Waals surface area contributed by atoms with E-state index in [-0.39, 0.29) is 18.6 Å². The van der Waals surface area contributed by atoms with Gasteiger partial charge in [0.1, 0.15) is 5.75 Å². The average Bonchev–Trinajstić information content (AvgIpc) is 2.54. The standard InChI is InChI=1S/C19H26ClNO4/c1-13-11-14(20)9-10-16(13)24-12-17(22)25-19(2,3)18(23)21-15-7-5-4-6-8-15/h9-11,15H,4-8,12H2,1-3H3,(H,21,23). The molecular weight excluding hydrogens is 342 g/mol. The van der Waals surface area contributed by atoms with E-state index in [0.717, 1.165) is 31.2 Å². The number of amides is 1. The van der Waals surface area contributed by atoms with Gasteiger partial charge in [-0.3, -0.25) is 4.79 Å². The van der Waals surface area contributed by atoms with Gasteiger partial charge in [0.15, 0.2) is 12.2 Å². The minimum atomic E-state index is -1.23. The fourth-order valence-electron chi connectivity index (χ4n) is 2.88. The van der Waals surface area contributed by atoms with Crippen LogP contribution in [0.4, 0.5) is 0 Å². The maximum atomic E-state index is 12.4. The Kier molecular flexibility index (Phi) is 6.71. The van der Waals surface area contributed by atoms with Crippen molar-refractivity contribution in [3.63, 3.8) is 0 Å². The summed E-state index contributed by atoms with van der Waals surface area (Å²) in [5.74, 6) is -0.292. The Morgan fingerprint density at radius 3 is 2.56 bits per heavy atom. The van der Waals surface area contributed by atoms with Crippen molar-refractivity contribution in [1.29, 1.82) is 0 Å². The summed E-state index contributed by atoms with van der Waals surface area (Å²) >= 11 is 5.89. The summed E-state index contributed by atoms with van der Waals surface area (Å²) in [5, 5.41) is 3.59.